The van der Waals surface area contributed by atoms with Crippen molar-refractivity contribution in [2.24, 2.45) is 22.6 Å². The maximum Gasteiger partial charge on any atom is 0.324 e. The summed E-state index contributed by atoms with van der Waals surface area (Å²) in [6.07, 6.45) is 7.45. The Morgan fingerprint density at radius 3 is 2.74 bits per heavy atom. The molecule has 3 N–H and O–H groups in total. The number of nitrogens with zero attached hydrogens (tertiary/aromatic N) is 2. The number of rotatable bonds is 9. The minimum Gasteiger partial charge on any atom is -0.443 e. The molecule has 0 bridgehead atoms. The Morgan fingerprint density at radius 1 is 1.32 bits per heavy atom. The fourth-order valence-electron chi connectivity index (χ4n) is 3.78. The lowest BCUT2D eigenvalue weighted by atomic mass is 10.0. The summed E-state index contributed by atoms with van der Waals surface area (Å²) in [4.78, 5) is 41.7. The maximum absolute atomic E-state index is 12.7. The van der Waals surface area contributed by atoms with Gasteiger partial charge in [0.05, 0.1) is 10.7 Å². The van der Waals surface area contributed by atoms with Gasteiger partial charge in [0.1, 0.15) is 6.04 Å². The molecule has 2 aromatic rings. The smallest absolute Gasteiger partial charge is 0.324 e. The molecule has 184 valence electrons. The standard InChI is InChI=1S/C24H31ClN4O4S/c1-3-15(2)21(26)23(32)33-14-29-10-11-34-24(29)28-22(31)17-8-9-19(18(25)13-17)27-20(30)12-16-6-4-5-7-16/h8-11,13,15-16,21H,3-7,12,14,26H2,1-2H3,(H,27,30). The van der Waals surface area contributed by atoms with Gasteiger partial charge in [-0.05, 0) is 42.9 Å². The predicted octanol–water partition coefficient (Wildman–Crippen LogP) is 4.34. The Hall–Kier alpha value is -2.49. The van der Waals surface area contributed by atoms with Gasteiger partial charge in [-0.25, -0.2) is 0 Å². The second-order valence-electron chi connectivity index (χ2n) is 8.67. The van der Waals surface area contributed by atoms with Crippen LogP contribution in [0, 0.1) is 11.8 Å². The van der Waals surface area contributed by atoms with Crippen LogP contribution in [0.3, 0.4) is 0 Å². The molecule has 1 saturated carbocycles. The normalized spacial score (nSPS) is 16.3. The Bertz CT molecular complexity index is 1090. The van der Waals surface area contributed by atoms with Crippen molar-refractivity contribution in [3.05, 3.63) is 45.2 Å². The average molecular weight is 507 g/mol. The number of thiazole rings is 1. The Labute approximate surface area is 208 Å². The summed E-state index contributed by atoms with van der Waals surface area (Å²) >= 11 is 7.56. The minimum absolute atomic E-state index is 0.00548. The van der Waals surface area contributed by atoms with Gasteiger partial charge < -0.3 is 15.8 Å². The molecule has 2 atom stereocenters. The van der Waals surface area contributed by atoms with Crippen molar-refractivity contribution in [3.63, 3.8) is 0 Å². The van der Waals surface area contributed by atoms with Crippen LogP contribution in [0.15, 0.2) is 34.8 Å². The highest BCUT2D eigenvalue weighted by molar-refractivity contribution is 7.07. The van der Waals surface area contributed by atoms with E-state index in [0.717, 1.165) is 19.3 Å². The van der Waals surface area contributed by atoms with Gasteiger partial charge >= 0.3 is 5.97 Å². The van der Waals surface area contributed by atoms with Crippen molar-refractivity contribution in [1.82, 2.24) is 4.57 Å². The third-order valence-electron chi connectivity index (χ3n) is 6.17. The Balaban J connectivity index is 1.63. The van der Waals surface area contributed by atoms with Crippen LogP contribution in [0.4, 0.5) is 5.69 Å². The van der Waals surface area contributed by atoms with Gasteiger partial charge in [0.25, 0.3) is 5.91 Å². The summed E-state index contributed by atoms with van der Waals surface area (Å²) in [5, 5.41) is 4.84. The van der Waals surface area contributed by atoms with E-state index in [2.05, 4.69) is 10.3 Å². The molecular weight excluding hydrogens is 476 g/mol. The van der Waals surface area contributed by atoms with Gasteiger partial charge in [-0.3, -0.25) is 19.0 Å². The van der Waals surface area contributed by atoms with Gasteiger partial charge in [-0.2, -0.15) is 4.99 Å². The average Bonchev–Trinajstić information content (AvgIpc) is 3.49. The Kier molecular flexibility index (Phi) is 9.44. The van der Waals surface area contributed by atoms with E-state index in [9.17, 15) is 14.4 Å². The fourth-order valence-corrected chi connectivity index (χ4v) is 4.72. The maximum atomic E-state index is 12.7. The molecule has 34 heavy (non-hydrogen) atoms. The highest BCUT2D eigenvalue weighted by atomic mass is 35.5. The summed E-state index contributed by atoms with van der Waals surface area (Å²) < 4.78 is 6.85. The molecule has 1 heterocycles. The number of carbonyl (C=O) groups is 3. The van der Waals surface area contributed by atoms with E-state index in [1.807, 2.05) is 13.8 Å². The van der Waals surface area contributed by atoms with Crippen molar-refractivity contribution >= 4 is 46.4 Å². The molecule has 0 radical (unpaired) electrons. The SMILES string of the molecule is CCC(C)C(N)C(=O)OCn1ccsc1=NC(=O)c1ccc(NC(=O)CC2CCCC2)c(Cl)c1. The summed E-state index contributed by atoms with van der Waals surface area (Å²) in [5.74, 6) is -0.626. The molecule has 2 unspecified atom stereocenters. The molecule has 2 amide bonds. The number of halogens is 1. The topological polar surface area (TPSA) is 116 Å². The van der Waals surface area contributed by atoms with E-state index in [-0.39, 0.29) is 29.1 Å². The molecule has 1 fully saturated rings. The summed E-state index contributed by atoms with van der Waals surface area (Å²) in [7, 11) is 0. The molecule has 0 spiro atoms. The number of hydrogen-bond acceptors (Lipinski definition) is 6. The van der Waals surface area contributed by atoms with Crippen LogP contribution >= 0.6 is 22.9 Å². The first kappa shape index (κ1) is 26.1. The molecule has 1 aromatic heterocycles. The molecule has 3 rings (SSSR count). The van der Waals surface area contributed by atoms with Crippen LogP contribution in [0.2, 0.25) is 5.02 Å². The number of hydrogen-bond donors (Lipinski definition) is 2. The van der Waals surface area contributed by atoms with E-state index in [4.69, 9.17) is 22.1 Å². The van der Waals surface area contributed by atoms with E-state index in [1.54, 1.807) is 28.3 Å². The highest BCUT2D eigenvalue weighted by Crippen LogP contribution is 2.29. The van der Waals surface area contributed by atoms with E-state index >= 15 is 0 Å². The van der Waals surface area contributed by atoms with Crippen molar-refractivity contribution in [3.8, 4) is 0 Å². The van der Waals surface area contributed by atoms with Crippen LogP contribution < -0.4 is 15.9 Å². The highest BCUT2D eigenvalue weighted by Gasteiger charge is 2.21. The molecule has 1 aliphatic rings. The van der Waals surface area contributed by atoms with E-state index in [1.165, 1.54) is 30.2 Å². The number of nitrogens with one attached hydrogen (secondary N) is 1. The quantitative estimate of drug-likeness (QED) is 0.491. The lowest BCUT2D eigenvalue weighted by Gasteiger charge is -2.16. The third-order valence-corrected chi connectivity index (χ3v) is 7.28. The lowest BCUT2D eigenvalue weighted by Crippen LogP contribution is -2.38. The number of ether oxygens (including phenoxy) is 1. The van der Waals surface area contributed by atoms with Crippen molar-refractivity contribution in [1.29, 1.82) is 0 Å². The minimum atomic E-state index is -0.703. The number of nitrogens with two attached hydrogens (primary N) is 1. The predicted molar refractivity (Wildman–Crippen MR) is 132 cm³/mol. The monoisotopic (exact) mass is 506 g/mol. The lowest BCUT2D eigenvalue weighted by molar-refractivity contribution is -0.150. The van der Waals surface area contributed by atoms with Gasteiger partial charge in [-0.1, -0.05) is 44.7 Å². The number of benzene rings is 1. The van der Waals surface area contributed by atoms with Crippen LogP contribution in [-0.2, 0) is 21.1 Å². The first-order valence-corrected chi connectivity index (χ1v) is 12.8. The number of esters is 1. The van der Waals surface area contributed by atoms with E-state index < -0.39 is 17.9 Å². The van der Waals surface area contributed by atoms with Gasteiger partial charge in [0, 0.05) is 23.6 Å². The summed E-state index contributed by atoms with van der Waals surface area (Å²) in [5.41, 5.74) is 6.66. The van der Waals surface area contributed by atoms with Crippen molar-refractivity contribution < 1.29 is 19.1 Å². The zero-order valence-corrected chi connectivity index (χ0v) is 21.0. The molecule has 0 aliphatic heterocycles. The van der Waals surface area contributed by atoms with Crippen LogP contribution in [0.5, 0.6) is 0 Å². The molecule has 8 nitrogen and oxygen atoms in total. The molecule has 0 saturated heterocycles. The largest absolute Gasteiger partial charge is 0.443 e. The zero-order valence-electron chi connectivity index (χ0n) is 19.5. The zero-order chi connectivity index (χ0) is 24.7. The van der Waals surface area contributed by atoms with Gasteiger partial charge in [0.15, 0.2) is 11.5 Å². The van der Waals surface area contributed by atoms with Gasteiger partial charge in [0.2, 0.25) is 5.91 Å². The molecule has 10 heteroatoms. The number of aromatic nitrogens is 1. The van der Waals surface area contributed by atoms with E-state index in [0.29, 0.717) is 22.8 Å². The first-order valence-electron chi connectivity index (χ1n) is 11.5. The van der Waals surface area contributed by atoms with Crippen molar-refractivity contribution in [2.45, 2.75) is 65.1 Å². The first-order chi connectivity index (χ1) is 16.3. The van der Waals surface area contributed by atoms with Crippen LogP contribution in [0.1, 0.15) is 62.7 Å². The second-order valence-corrected chi connectivity index (χ2v) is 9.95. The number of carbonyl (C=O) groups excluding carboxylic acids is 3. The number of anilines is 1. The number of amides is 2. The molecule has 1 aliphatic carbocycles. The fraction of sp³-hybridized carbons (Fsp3) is 0.500. The van der Waals surface area contributed by atoms with Crippen LogP contribution in [-0.4, -0.2) is 28.4 Å². The van der Waals surface area contributed by atoms with Gasteiger partial charge in [-0.15, -0.1) is 11.3 Å². The molecule has 1 aromatic carbocycles. The third kappa shape index (κ3) is 7.01. The van der Waals surface area contributed by atoms with Crippen molar-refractivity contribution in [2.75, 3.05) is 5.32 Å². The summed E-state index contributed by atoms with van der Waals surface area (Å²) in [6, 6.07) is 3.97. The second kappa shape index (κ2) is 12.3. The molecular formula is C24H31ClN4O4S. The summed E-state index contributed by atoms with van der Waals surface area (Å²) in [6.45, 7) is 3.75. The van der Waals surface area contributed by atoms with Crippen LogP contribution in [0.25, 0.3) is 0 Å². The Morgan fingerprint density at radius 2 is 2.06 bits per heavy atom.